The Morgan fingerprint density at radius 3 is 2.28 bits per heavy atom. The van der Waals surface area contributed by atoms with Crippen LogP contribution in [0, 0.1) is 0 Å². The minimum atomic E-state index is -1.08. The van der Waals surface area contributed by atoms with E-state index in [4.69, 9.17) is 19.7 Å². The number of carboxylic acids is 2. The van der Waals surface area contributed by atoms with Crippen LogP contribution in [0.1, 0.15) is 33.1 Å². The maximum absolute atomic E-state index is 11.4. The predicted octanol–water partition coefficient (Wildman–Crippen LogP) is 0.236. The van der Waals surface area contributed by atoms with Crippen LogP contribution in [0.15, 0.2) is 0 Å². The third-order valence-electron chi connectivity index (χ3n) is 2.25. The molecular weight excluding hydrogens is 242 g/mol. The van der Waals surface area contributed by atoms with Gasteiger partial charge in [-0.05, 0) is 25.8 Å². The molecule has 104 valence electrons. The number of esters is 1. The average Bonchev–Trinajstić information content (AvgIpc) is 2.77. The monoisotopic (exact) mass is 261 g/mol. The van der Waals surface area contributed by atoms with Crippen molar-refractivity contribution in [3.8, 4) is 0 Å². The van der Waals surface area contributed by atoms with E-state index >= 15 is 0 Å². The van der Waals surface area contributed by atoms with E-state index in [1.807, 2.05) is 0 Å². The molecule has 1 fully saturated rings. The maximum Gasteiger partial charge on any atom is 0.345 e. The number of carbonyl (C=O) groups excluding carboxylic acids is 1. The Labute approximate surface area is 105 Å². The molecule has 1 saturated heterocycles. The van der Waals surface area contributed by atoms with Gasteiger partial charge >= 0.3 is 11.9 Å². The van der Waals surface area contributed by atoms with E-state index in [2.05, 4.69) is 5.32 Å². The molecule has 0 aromatic rings. The Morgan fingerprint density at radius 2 is 1.94 bits per heavy atom. The Balaban J connectivity index is 0.000000631. The van der Waals surface area contributed by atoms with Crippen LogP contribution in [0.3, 0.4) is 0 Å². The zero-order chi connectivity index (χ0) is 14.1. The molecule has 1 aliphatic heterocycles. The molecule has 1 unspecified atom stereocenters. The summed E-state index contributed by atoms with van der Waals surface area (Å²) >= 11 is 0. The fourth-order valence-corrected chi connectivity index (χ4v) is 1.42. The van der Waals surface area contributed by atoms with Gasteiger partial charge in [0.2, 0.25) is 0 Å². The molecule has 7 heteroatoms. The third kappa shape index (κ3) is 6.85. The average molecular weight is 261 g/mol. The predicted molar refractivity (Wildman–Crippen MR) is 62.1 cm³/mol. The summed E-state index contributed by atoms with van der Waals surface area (Å²) < 4.78 is 4.84. The molecule has 7 nitrogen and oxygen atoms in total. The van der Waals surface area contributed by atoms with Crippen LogP contribution in [0.4, 0.5) is 0 Å². The highest BCUT2D eigenvalue weighted by Crippen LogP contribution is 2.09. The van der Waals surface area contributed by atoms with Crippen LogP contribution in [0.2, 0.25) is 0 Å². The van der Waals surface area contributed by atoms with E-state index < -0.39 is 24.0 Å². The number of aliphatic carboxylic acids is 2. The summed E-state index contributed by atoms with van der Waals surface area (Å²) in [4.78, 5) is 31.0. The Bertz CT molecular complexity index is 294. The molecule has 0 radical (unpaired) electrons. The fraction of sp³-hybridized carbons (Fsp3) is 0.727. The van der Waals surface area contributed by atoms with Crippen LogP contribution in [-0.2, 0) is 19.1 Å². The molecule has 0 aliphatic carbocycles. The molecule has 0 saturated carbocycles. The Hall–Kier alpha value is -1.63. The molecule has 1 aliphatic rings. The van der Waals surface area contributed by atoms with Crippen LogP contribution in [-0.4, -0.2) is 46.8 Å². The lowest BCUT2D eigenvalue weighted by Gasteiger charge is -2.14. The summed E-state index contributed by atoms with van der Waals surface area (Å²) in [5.41, 5.74) is 0. The molecule has 18 heavy (non-hydrogen) atoms. The van der Waals surface area contributed by atoms with Crippen molar-refractivity contribution in [3.05, 3.63) is 0 Å². The van der Waals surface area contributed by atoms with Gasteiger partial charge in [-0.3, -0.25) is 9.59 Å². The number of ether oxygens (including phenoxy) is 1. The first-order chi connectivity index (χ1) is 8.38. The molecule has 0 bridgehead atoms. The standard InChI is InChI=1S/C9H15NO4.C2H4O2/c1-2-7(8(11)12)14-9(13)6-4-3-5-10-6;1-2(3)4/h6-7,10H,2-5H2,1H3,(H,11,12);1H3,(H,3,4)/t6-,7?;/m0./s1. The summed E-state index contributed by atoms with van der Waals surface area (Å²) in [6.45, 7) is 3.55. The van der Waals surface area contributed by atoms with E-state index in [-0.39, 0.29) is 6.04 Å². The minimum Gasteiger partial charge on any atom is -0.481 e. The SMILES string of the molecule is CC(=O)O.CCC(OC(=O)[C@@H]1CCCN1)C(=O)O. The van der Waals surface area contributed by atoms with Gasteiger partial charge in [0, 0.05) is 6.92 Å². The van der Waals surface area contributed by atoms with E-state index in [9.17, 15) is 9.59 Å². The second kappa shape index (κ2) is 8.46. The lowest BCUT2D eigenvalue weighted by molar-refractivity contribution is -0.165. The highest BCUT2D eigenvalue weighted by Gasteiger charge is 2.28. The number of hydrogen-bond donors (Lipinski definition) is 3. The van der Waals surface area contributed by atoms with Gasteiger partial charge in [-0.2, -0.15) is 0 Å². The van der Waals surface area contributed by atoms with Gasteiger partial charge in [0.05, 0.1) is 0 Å². The van der Waals surface area contributed by atoms with E-state index in [1.165, 1.54) is 0 Å². The zero-order valence-electron chi connectivity index (χ0n) is 10.5. The number of carboxylic acid groups (broad SMARTS) is 2. The number of rotatable bonds is 4. The molecule has 1 rings (SSSR count). The third-order valence-corrected chi connectivity index (χ3v) is 2.25. The van der Waals surface area contributed by atoms with Gasteiger partial charge in [-0.25, -0.2) is 4.79 Å². The van der Waals surface area contributed by atoms with Crippen molar-refractivity contribution in [2.24, 2.45) is 0 Å². The van der Waals surface area contributed by atoms with Crippen molar-refractivity contribution in [1.29, 1.82) is 0 Å². The molecule has 0 amide bonds. The number of hydrogen-bond acceptors (Lipinski definition) is 5. The van der Waals surface area contributed by atoms with Crippen LogP contribution in [0.5, 0.6) is 0 Å². The molecule has 0 aromatic heterocycles. The smallest absolute Gasteiger partial charge is 0.345 e. The number of carbonyl (C=O) groups is 3. The summed E-state index contributed by atoms with van der Waals surface area (Å²) in [7, 11) is 0. The Kier molecular flexibility index (Phi) is 7.69. The maximum atomic E-state index is 11.4. The van der Waals surface area contributed by atoms with E-state index in [0.29, 0.717) is 6.42 Å². The fourth-order valence-electron chi connectivity index (χ4n) is 1.42. The van der Waals surface area contributed by atoms with Crippen LogP contribution in [0.25, 0.3) is 0 Å². The highest BCUT2D eigenvalue weighted by molar-refractivity contribution is 5.81. The zero-order valence-corrected chi connectivity index (χ0v) is 10.5. The normalized spacial score (nSPS) is 19.3. The second-order valence-corrected chi connectivity index (χ2v) is 3.84. The summed E-state index contributed by atoms with van der Waals surface area (Å²) in [5.74, 6) is -2.37. The summed E-state index contributed by atoms with van der Waals surface area (Å²) in [5, 5.41) is 19.0. The van der Waals surface area contributed by atoms with Crippen molar-refractivity contribution >= 4 is 17.9 Å². The molecule has 0 aromatic carbocycles. The first-order valence-electron chi connectivity index (χ1n) is 5.74. The van der Waals surface area contributed by atoms with E-state index in [1.54, 1.807) is 6.92 Å². The molecule has 1 heterocycles. The quantitative estimate of drug-likeness (QED) is 0.621. The first kappa shape index (κ1) is 16.4. The van der Waals surface area contributed by atoms with Gasteiger partial charge in [0.15, 0.2) is 6.10 Å². The minimum absolute atomic E-state index is 0.299. The van der Waals surface area contributed by atoms with Gasteiger partial charge in [-0.15, -0.1) is 0 Å². The van der Waals surface area contributed by atoms with Gasteiger partial charge < -0.3 is 20.3 Å². The highest BCUT2D eigenvalue weighted by atomic mass is 16.6. The van der Waals surface area contributed by atoms with Crippen molar-refractivity contribution in [2.75, 3.05) is 6.54 Å². The Morgan fingerprint density at radius 1 is 1.39 bits per heavy atom. The van der Waals surface area contributed by atoms with Crippen LogP contribution < -0.4 is 5.32 Å². The van der Waals surface area contributed by atoms with Gasteiger partial charge in [-0.1, -0.05) is 6.92 Å². The van der Waals surface area contributed by atoms with Crippen molar-refractivity contribution < 1.29 is 29.3 Å². The van der Waals surface area contributed by atoms with Gasteiger partial charge in [0.1, 0.15) is 6.04 Å². The largest absolute Gasteiger partial charge is 0.481 e. The first-order valence-corrected chi connectivity index (χ1v) is 5.74. The summed E-state index contributed by atoms with van der Waals surface area (Å²) in [6.07, 6.45) is 0.955. The van der Waals surface area contributed by atoms with Crippen LogP contribution >= 0.6 is 0 Å². The van der Waals surface area contributed by atoms with Crippen molar-refractivity contribution in [3.63, 3.8) is 0 Å². The van der Waals surface area contributed by atoms with Crippen molar-refractivity contribution in [1.82, 2.24) is 5.32 Å². The topological polar surface area (TPSA) is 113 Å². The molecule has 0 spiro atoms. The lowest BCUT2D eigenvalue weighted by Crippen LogP contribution is -2.37. The molecule has 3 N–H and O–H groups in total. The number of nitrogens with one attached hydrogen (secondary N) is 1. The van der Waals surface area contributed by atoms with E-state index in [0.717, 1.165) is 26.3 Å². The second-order valence-electron chi connectivity index (χ2n) is 3.84. The molecular formula is C11H19NO6. The van der Waals surface area contributed by atoms with Crippen molar-refractivity contribution in [2.45, 2.75) is 45.3 Å². The lowest BCUT2D eigenvalue weighted by atomic mass is 10.2. The summed E-state index contributed by atoms with van der Waals surface area (Å²) in [6, 6.07) is -0.316. The molecule has 2 atom stereocenters. The van der Waals surface area contributed by atoms with Gasteiger partial charge in [0.25, 0.3) is 5.97 Å².